The fourth-order valence-corrected chi connectivity index (χ4v) is 6.15. The van der Waals surface area contributed by atoms with Crippen LogP contribution in [0, 0.1) is 11.3 Å². The maximum atomic E-state index is 13.1. The van der Waals surface area contributed by atoms with Crippen LogP contribution in [0.4, 0.5) is 5.00 Å². The largest absolute Gasteiger partial charge is 0.457 e. The number of carbonyl (C=O) groups is 1. The topological polar surface area (TPSA) is 54.3 Å². The highest BCUT2D eigenvalue weighted by Crippen LogP contribution is 2.47. The summed E-state index contributed by atoms with van der Waals surface area (Å²) in [6.45, 7) is 7.01. The molecule has 1 aliphatic heterocycles. The van der Waals surface area contributed by atoms with Gasteiger partial charge in [0.15, 0.2) is 6.17 Å². The van der Waals surface area contributed by atoms with Crippen LogP contribution in [-0.2, 0) is 12.8 Å². The molecule has 0 spiro atoms. The van der Waals surface area contributed by atoms with E-state index < -0.39 is 0 Å². The molecule has 5 rings (SSSR count). The zero-order valence-corrected chi connectivity index (χ0v) is 19.6. The zero-order chi connectivity index (χ0) is 21.8. The number of fused-ring (bicyclic) bond motifs is 3. The van der Waals surface area contributed by atoms with Gasteiger partial charge in [-0.2, -0.15) is 0 Å². The second-order valence-corrected chi connectivity index (χ2v) is 10.8. The maximum Gasteiger partial charge on any atom is 0.256 e. The average molecular weight is 455 g/mol. The third-order valence-corrected chi connectivity index (χ3v) is 8.54. The minimum Gasteiger partial charge on any atom is -0.457 e. The van der Waals surface area contributed by atoms with Crippen molar-refractivity contribution in [2.45, 2.75) is 52.6 Å². The summed E-state index contributed by atoms with van der Waals surface area (Å²) in [6.07, 6.45) is 4.00. The lowest BCUT2D eigenvalue weighted by Crippen LogP contribution is -2.38. The average Bonchev–Trinajstić information content (AvgIpc) is 3.38. The van der Waals surface area contributed by atoms with Gasteiger partial charge in [-0.3, -0.25) is 4.79 Å². The smallest absolute Gasteiger partial charge is 0.256 e. The molecule has 2 unspecified atom stereocenters. The first kappa shape index (κ1) is 20.7. The molecular weight excluding hydrogens is 428 g/mol. The van der Waals surface area contributed by atoms with Crippen molar-refractivity contribution in [2.75, 3.05) is 5.32 Å². The summed E-state index contributed by atoms with van der Waals surface area (Å²) in [5, 5.41) is 8.27. The first-order valence-electron chi connectivity index (χ1n) is 10.9. The third kappa shape index (κ3) is 3.68. The summed E-state index contributed by atoms with van der Waals surface area (Å²) in [6, 6.07) is 11.4. The highest BCUT2D eigenvalue weighted by atomic mass is 35.5. The van der Waals surface area contributed by atoms with Crippen molar-refractivity contribution < 1.29 is 9.21 Å². The Balaban J connectivity index is 1.40. The molecule has 6 heteroatoms. The van der Waals surface area contributed by atoms with Crippen molar-refractivity contribution >= 4 is 33.8 Å². The lowest BCUT2D eigenvalue weighted by atomic mass is 9.69. The van der Waals surface area contributed by atoms with E-state index in [1.54, 1.807) is 11.3 Å². The zero-order valence-electron chi connectivity index (χ0n) is 18.0. The Morgan fingerprint density at radius 1 is 1.16 bits per heavy atom. The number of amides is 1. The molecule has 31 heavy (non-hydrogen) atoms. The number of rotatable bonds is 4. The Morgan fingerprint density at radius 2 is 1.94 bits per heavy atom. The molecule has 3 aromatic rings. The Labute approximate surface area is 192 Å². The Bertz CT molecular complexity index is 1130. The number of furan rings is 1. The number of halogens is 1. The number of hydrogen-bond donors (Lipinski definition) is 2. The van der Waals surface area contributed by atoms with Crippen LogP contribution < -0.4 is 10.6 Å². The number of carbonyl (C=O) groups excluding carboxylic acids is 1. The lowest BCUT2D eigenvalue weighted by Gasteiger charge is -2.36. The Hall–Kier alpha value is -2.24. The predicted molar refractivity (Wildman–Crippen MR) is 127 cm³/mol. The van der Waals surface area contributed by atoms with Crippen molar-refractivity contribution in [3.63, 3.8) is 0 Å². The van der Waals surface area contributed by atoms with Gasteiger partial charge in [0.25, 0.3) is 5.91 Å². The van der Waals surface area contributed by atoms with Gasteiger partial charge < -0.3 is 15.1 Å². The van der Waals surface area contributed by atoms with E-state index in [-0.39, 0.29) is 12.1 Å². The number of nitrogens with one attached hydrogen (secondary N) is 2. The first-order valence-corrected chi connectivity index (χ1v) is 12.1. The first-order chi connectivity index (χ1) is 14.9. The molecule has 0 saturated heterocycles. The normalized spacial score (nSPS) is 20.6. The van der Waals surface area contributed by atoms with Gasteiger partial charge in [0.2, 0.25) is 0 Å². The minimum atomic E-state index is -0.371. The van der Waals surface area contributed by atoms with Crippen LogP contribution in [0.25, 0.3) is 11.3 Å². The summed E-state index contributed by atoms with van der Waals surface area (Å²) in [7, 11) is 0. The third-order valence-electron chi connectivity index (χ3n) is 7.10. The van der Waals surface area contributed by atoms with Gasteiger partial charge >= 0.3 is 0 Å². The molecule has 1 aromatic carbocycles. The summed E-state index contributed by atoms with van der Waals surface area (Å²) >= 11 is 7.73. The van der Waals surface area contributed by atoms with Crippen molar-refractivity contribution in [3.05, 3.63) is 63.2 Å². The molecule has 2 aromatic heterocycles. The lowest BCUT2D eigenvalue weighted by molar-refractivity contribution is 0.0930. The fraction of sp³-hybridized carbons (Fsp3) is 0.400. The van der Waals surface area contributed by atoms with Crippen LogP contribution in [0.1, 0.15) is 66.3 Å². The summed E-state index contributed by atoms with van der Waals surface area (Å²) in [5.74, 6) is 2.11. The molecule has 2 atom stereocenters. The quantitative estimate of drug-likeness (QED) is 0.443. The second kappa shape index (κ2) is 7.72. The molecule has 0 bridgehead atoms. The number of thiophene rings is 1. The van der Waals surface area contributed by atoms with Gasteiger partial charge in [-0.05, 0) is 72.6 Å². The fourth-order valence-electron chi connectivity index (χ4n) is 4.67. The van der Waals surface area contributed by atoms with Gasteiger partial charge in [0, 0.05) is 15.5 Å². The Morgan fingerprint density at radius 3 is 2.68 bits per heavy atom. The predicted octanol–water partition coefficient (Wildman–Crippen LogP) is 7.06. The van der Waals surface area contributed by atoms with Gasteiger partial charge in [-0.15, -0.1) is 11.3 Å². The number of anilines is 1. The SMILES string of the molecule is CCC(C)(C)C1CCc2c(sc3c2C(=O)NC(c2ccc(-c4ccc(Cl)cc4)o2)N3)C1. The van der Waals surface area contributed by atoms with Gasteiger partial charge in [0.1, 0.15) is 16.5 Å². The molecule has 1 aliphatic carbocycles. The van der Waals surface area contributed by atoms with E-state index in [4.69, 9.17) is 16.0 Å². The van der Waals surface area contributed by atoms with Crippen molar-refractivity contribution in [1.82, 2.24) is 5.32 Å². The molecular formula is C25H27ClN2O2S. The van der Waals surface area contributed by atoms with Crippen molar-refractivity contribution in [1.29, 1.82) is 0 Å². The molecule has 0 radical (unpaired) electrons. The molecule has 0 saturated carbocycles. The monoisotopic (exact) mass is 454 g/mol. The van der Waals surface area contributed by atoms with E-state index in [0.29, 0.717) is 22.1 Å². The molecule has 162 valence electrons. The van der Waals surface area contributed by atoms with Crippen LogP contribution in [-0.4, -0.2) is 5.91 Å². The van der Waals surface area contributed by atoms with Gasteiger partial charge in [-0.25, -0.2) is 0 Å². The van der Waals surface area contributed by atoms with Gasteiger partial charge in [0.05, 0.1) is 5.56 Å². The van der Waals surface area contributed by atoms with Gasteiger partial charge in [-0.1, -0.05) is 38.8 Å². The summed E-state index contributed by atoms with van der Waals surface area (Å²) in [4.78, 5) is 14.4. The number of hydrogen-bond acceptors (Lipinski definition) is 4. The molecule has 1 amide bonds. The van der Waals surface area contributed by atoms with Crippen LogP contribution in [0.15, 0.2) is 40.8 Å². The van der Waals surface area contributed by atoms with Crippen LogP contribution in [0.3, 0.4) is 0 Å². The van der Waals surface area contributed by atoms with Crippen LogP contribution >= 0.6 is 22.9 Å². The van der Waals surface area contributed by atoms with Crippen LogP contribution in [0.5, 0.6) is 0 Å². The molecule has 3 heterocycles. The number of benzene rings is 1. The highest BCUT2D eigenvalue weighted by Gasteiger charge is 2.37. The molecule has 4 nitrogen and oxygen atoms in total. The van der Waals surface area contributed by atoms with E-state index in [9.17, 15) is 4.79 Å². The van der Waals surface area contributed by atoms with E-state index in [1.807, 2.05) is 36.4 Å². The van der Waals surface area contributed by atoms with Crippen molar-refractivity contribution in [2.24, 2.45) is 11.3 Å². The van der Waals surface area contributed by atoms with E-state index in [2.05, 4.69) is 31.4 Å². The van der Waals surface area contributed by atoms with E-state index >= 15 is 0 Å². The van der Waals surface area contributed by atoms with E-state index in [1.165, 1.54) is 16.9 Å². The summed E-state index contributed by atoms with van der Waals surface area (Å²) in [5.41, 5.74) is 3.36. The van der Waals surface area contributed by atoms with Crippen molar-refractivity contribution in [3.8, 4) is 11.3 Å². The summed E-state index contributed by atoms with van der Waals surface area (Å²) < 4.78 is 6.08. The van der Waals surface area contributed by atoms with Crippen LogP contribution in [0.2, 0.25) is 5.02 Å². The highest BCUT2D eigenvalue weighted by molar-refractivity contribution is 7.16. The molecule has 2 N–H and O–H groups in total. The molecule has 2 aliphatic rings. The second-order valence-electron chi connectivity index (χ2n) is 9.25. The minimum absolute atomic E-state index is 0.00565. The standard InChI is InChI=1S/C25H27ClN2O2S/c1-4-25(2,3)15-7-10-17-20(13-15)31-24-21(17)23(29)27-22(28-24)19-12-11-18(30-19)14-5-8-16(26)9-6-14/h5-6,8-9,11-12,15,22,28H,4,7,10,13H2,1-3H3,(H,27,29). The Kier molecular flexibility index (Phi) is 5.14. The molecule has 0 fully saturated rings. The maximum absolute atomic E-state index is 13.1. The van der Waals surface area contributed by atoms with E-state index in [0.717, 1.165) is 41.2 Å².